The Labute approximate surface area is 180 Å². The molecule has 9 heteroatoms. The van der Waals surface area contributed by atoms with Crippen molar-refractivity contribution in [1.82, 2.24) is 9.80 Å². The topological polar surface area (TPSA) is 53.1 Å². The van der Waals surface area contributed by atoms with Crippen LogP contribution in [-0.2, 0) is 9.59 Å². The Hall–Kier alpha value is -2.29. The smallest absolute Gasteiger partial charge is 0.401 e. The summed E-state index contributed by atoms with van der Waals surface area (Å²) >= 11 is 0. The molecule has 1 aromatic rings. The van der Waals surface area contributed by atoms with E-state index in [4.69, 9.17) is 4.74 Å². The molecule has 0 aromatic heterocycles. The molecule has 172 valence electrons. The van der Waals surface area contributed by atoms with E-state index >= 15 is 0 Å². The van der Waals surface area contributed by atoms with Crippen LogP contribution in [0.4, 0.5) is 18.9 Å². The number of carbonyl (C=O) groups excluding carboxylic acids is 2. The average molecular weight is 441 g/mol. The summed E-state index contributed by atoms with van der Waals surface area (Å²) in [5.74, 6) is 0.653. The molecular formula is C22H30F3N3O3. The highest BCUT2D eigenvalue weighted by Crippen LogP contribution is 2.28. The standard InChI is InChI=1S/C22H30F3N3O3/c1-2-31-19-7-5-17(6-8-19)28(21(30)11-15-27-12-3-4-20(27)29)18-9-13-26(14-10-18)16-22(23,24)25/h5-8,18H,2-4,9-16H2,1H3. The third-order valence-electron chi connectivity index (χ3n) is 5.79. The normalized spacial score (nSPS) is 18.5. The van der Waals surface area contributed by atoms with Gasteiger partial charge in [0.2, 0.25) is 11.8 Å². The molecule has 0 spiro atoms. The fourth-order valence-corrected chi connectivity index (χ4v) is 4.31. The lowest BCUT2D eigenvalue weighted by Crippen LogP contribution is -2.49. The average Bonchev–Trinajstić information content (AvgIpc) is 3.13. The molecule has 0 unspecified atom stereocenters. The van der Waals surface area contributed by atoms with E-state index in [0.29, 0.717) is 50.4 Å². The van der Waals surface area contributed by atoms with Crippen LogP contribution in [0.2, 0.25) is 0 Å². The maximum Gasteiger partial charge on any atom is 0.401 e. The highest BCUT2D eigenvalue weighted by atomic mass is 19.4. The van der Waals surface area contributed by atoms with Crippen molar-refractivity contribution in [3.8, 4) is 5.75 Å². The molecule has 0 radical (unpaired) electrons. The molecule has 0 atom stereocenters. The number of carbonyl (C=O) groups is 2. The number of hydrogen-bond acceptors (Lipinski definition) is 4. The minimum Gasteiger partial charge on any atom is -0.494 e. The lowest BCUT2D eigenvalue weighted by atomic mass is 10.0. The molecule has 0 aliphatic carbocycles. The number of ether oxygens (including phenoxy) is 1. The van der Waals surface area contributed by atoms with Crippen LogP contribution in [0.5, 0.6) is 5.75 Å². The van der Waals surface area contributed by atoms with Gasteiger partial charge in [0.05, 0.1) is 13.2 Å². The monoisotopic (exact) mass is 441 g/mol. The number of nitrogens with zero attached hydrogens (tertiary/aromatic N) is 3. The molecule has 2 heterocycles. The third-order valence-corrected chi connectivity index (χ3v) is 5.79. The lowest BCUT2D eigenvalue weighted by molar-refractivity contribution is -0.148. The molecule has 2 aliphatic heterocycles. The largest absolute Gasteiger partial charge is 0.494 e. The summed E-state index contributed by atoms with van der Waals surface area (Å²) < 4.78 is 43.6. The first-order chi connectivity index (χ1) is 14.8. The van der Waals surface area contributed by atoms with E-state index < -0.39 is 12.7 Å². The number of anilines is 1. The fraction of sp³-hybridized carbons (Fsp3) is 0.636. The quantitative estimate of drug-likeness (QED) is 0.620. The molecule has 2 fully saturated rings. The summed E-state index contributed by atoms with van der Waals surface area (Å²) in [5, 5.41) is 0. The second kappa shape index (κ2) is 10.3. The van der Waals surface area contributed by atoms with E-state index in [2.05, 4.69) is 0 Å². The first kappa shape index (κ1) is 23.4. The van der Waals surface area contributed by atoms with E-state index in [1.54, 1.807) is 21.9 Å². The summed E-state index contributed by atoms with van der Waals surface area (Å²) in [5.41, 5.74) is 0.704. The van der Waals surface area contributed by atoms with Gasteiger partial charge in [0.15, 0.2) is 0 Å². The number of rotatable bonds is 8. The lowest BCUT2D eigenvalue weighted by Gasteiger charge is -2.39. The third kappa shape index (κ3) is 6.59. The van der Waals surface area contributed by atoms with Crippen molar-refractivity contribution in [2.45, 2.75) is 51.2 Å². The van der Waals surface area contributed by atoms with Gasteiger partial charge >= 0.3 is 6.18 Å². The van der Waals surface area contributed by atoms with Gasteiger partial charge in [-0.3, -0.25) is 14.5 Å². The van der Waals surface area contributed by atoms with Crippen molar-refractivity contribution < 1.29 is 27.5 Å². The minimum atomic E-state index is -4.22. The van der Waals surface area contributed by atoms with Crippen molar-refractivity contribution in [1.29, 1.82) is 0 Å². The van der Waals surface area contributed by atoms with Gasteiger partial charge in [-0.1, -0.05) is 0 Å². The first-order valence-corrected chi connectivity index (χ1v) is 10.9. The van der Waals surface area contributed by atoms with Crippen molar-refractivity contribution in [3.63, 3.8) is 0 Å². The SMILES string of the molecule is CCOc1ccc(N(C(=O)CCN2CCCC2=O)C2CCN(CC(F)(F)F)CC2)cc1. The molecule has 2 aliphatic rings. The van der Waals surface area contributed by atoms with Crippen LogP contribution in [0.1, 0.15) is 39.0 Å². The predicted molar refractivity (Wildman–Crippen MR) is 111 cm³/mol. The number of amides is 2. The second-order valence-corrected chi connectivity index (χ2v) is 8.05. The van der Waals surface area contributed by atoms with Crippen molar-refractivity contribution in [2.24, 2.45) is 0 Å². The molecule has 2 amide bonds. The number of benzene rings is 1. The van der Waals surface area contributed by atoms with E-state index in [-0.39, 0.29) is 37.4 Å². The Morgan fingerprint density at radius 2 is 1.84 bits per heavy atom. The Morgan fingerprint density at radius 3 is 2.39 bits per heavy atom. The van der Waals surface area contributed by atoms with Crippen molar-refractivity contribution in [2.75, 3.05) is 44.2 Å². The molecule has 31 heavy (non-hydrogen) atoms. The van der Waals surface area contributed by atoms with Crippen LogP contribution in [0, 0.1) is 0 Å². The Morgan fingerprint density at radius 1 is 1.16 bits per heavy atom. The maximum absolute atomic E-state index is 13.2. The van der Waals surface area contributed by atoms with E-state index in [1.807, 2.05) is 19.1 Å². The number of piperidine rings is 1. The zero-order valence-electron chi connectivity index (χ0n) is 17.9. The zero-order valence-corrected chi connectivity index (χ0v) is 17.9. The Balaban J connectivity index is 1.69. The van der Waals surface area contributed by atoms with E-state index in [9.17, 15) is 22.8 Å². The van der Waals surface area contributed by atoms with Gasteiger partial charge in [-0.25, -0.2) is 0 Å². The van der Waals surface area contributed by atoms with Crippen LogP contribution in [0.3, 0.4) is 0 Å². The first-order valence-electron chi connectivity index (χ1n) is 10.9. The van der Waals surface area contributed by atoms with E-state index in [1.165, 1.54) is 4.90 Å². The molecule has 0 N–H and O–H groups in total. The Bertz CT molecular complexity index is 747. The summed E-state index contributed by atoms with van der Waals surface area (Å²) in [6.07, 6.45) is -1.75. The summed E-state index contributed by atoms with van der Waals surface area (Å²) in [4.78, 5) is 29.9. The van der Waals surface area contributed by atoms with Gasteiger partial charge in [-0.15, -0.1) is 0 Å². The van der Waals surface area contributed by atoms with Gasteiger partial charge in [0.25, 0.3) is 0 Å². The predicted octanol–water partition coefficient (Wildman–Crippen LogP) is 3.46. The van der Waals surface area contributed by atoms with Crippen LogP contribution in [-0.4, -0.2) is 73.2 Å². The van der Waals surface area contributed by atoms with Crippen molar-refractivity contribution in [3.05, 3.63) is 24.3 Å². The maximum atomic E-state index is 13.2. The van der Waals surface area contributed by atoms with E-state index in [0.717, 1.165) is 6.42 Å². The van der Waals surface area contributed by atoms with Gasteiger partial charge in [-0.2, -0.15) is 13.2 Å². The molecule has 1 aromatic carbocycles. The highest BCUT2D eigenvalue weighted by molar-refractivity contribution is 5.94. The number of halogens is 3. The van der Waals surface area contributed by atoms with Gasteiger partial charge in [-0.05, 0) is 50.5 Å². The molecule has 3 rings (SSSR count). The Kier molecular flexibility index (Phi) is 7.80. The fourth-order valence-electron chi connectivity index (χ4n) is 4.31. The molecular weight excluding hydrogens is 411 g/mol. The van der Waals surface area contributed by atoms with Crippen LogP contribution in [0.25, 0.3) is 0 Å². The van der Waals surface area contributed by atoms with Crippen LogP contribution in [0.15, 0.2) is 24.3 Å². The van der Waals surface area contributed by atoms with Gasteiger partial charge in [0, 0.05) is 50.7 Å². The van der Waals surface area contributed by atoms with Gasteiger partial charge in [0.1, 0.15) is 5.75 Å². The second-order valence-electron chi connectivity index (χ2n) is 8.05. The van der Waals surface area contributed by atoms with Gasteiger partial charge < -0.3 is 14.5 Å². The summed E-state index contributed by atoms with van der Waals surface area (Å²) in [6, 6.07) is 7.03. The van der Waals surface area contributed by atoms with Crippen LogP contribution >= 0.6 is 0 Å². The molecule has 6 nitrogen and oxygen atoms in total. The van der Waals surface area contributed by atoms with Crippen LogP contribution < -0.4 is 9.64 Å². The summed E-state index contributed by atoms with van der Waals surface area (Å²) in [6.45, 7) is 3.11. The molecule has 2 saturated heterocycles. The zero-order chi connectivity index (χ0) is 22.4. The molecule has 0 saturated carbocycles. The van der Waals surface area contributed by atoms with Crippen molar-refractivity contribution >= 4 is 17.5 Å². The summed E-state index contributed by atoms with van der Waals surface area (Å²) in [7, 11) is 0. The number of likely N-dealkylation sites (tertiary alicyclic amines) is 2. The minimum absolute atomic E-state index is 0.0703. The molecule has 0 bridgehead atoms. The number of hydrogen-bond donors (Lipinski definition) is 0. The number of alkyl halides is 3. The highest BCUT2D eigenvalue weighted by Gasteiger charge is 2.35.